The molecule has 1 unspecified atom stereocenters. The van der Waals surface area contributed by atoms with Crippen molar-refractivity contribution in [1.82, 2.24) is 15.5 Å². The van der Waals surface area contributed by atoms with Gasteiger partial charge in [-0.3, -0.25) is 9.59 Å². The van der Waals surface area contributed by atoms with E-state index in [0.29, 0.717) is 18.4 Å². The lowest BCUT2D eigenvalue weighted by molar-refractivity contribution is -0.126. The smallest absolute Gasteiger partial charge is 0.246 e. The SMILES string of the molecule is O=C(NCc1nc(C2CCSCC2)no1)C1CC(=O)N(c2ccccc2)C1. The van der Waals surface area contributed by atoms with Crippen molar-refractivity contribution in [2.45, 2.75) is 31.7 Å². The highest BCUT2D eigenvalue weighted by Crippen LogP contribution is 2.29. The van der Waals surface area contributed by atoms with E-state index in [2.05, 4.69) is 15.5 Å². The molecular weight excluding hydrogens is 364 g/mol. The molecule has 8 heteroatoms. The fourth-order valence-electron chi connectivity index (χ4n) is 3.51. The number of carbonyl (C=O) groups excluding carboxylic acids is 2. The summed E-state index contributed by atoms with van der Waals surface area (Å²) in [4.78, 5) is 30.8. The largest absolute Gasteiger partial charge is 0.347 e. The zero-order valence-corrected chi connectivity index (χ0v) is 15.8. The summed E-state index contributed by atoms with van der Waals surface area (Å²) in [6.45, 7) is 0.590. The van der Waals surface area contributed by atoms with Gasteiger partial charge in [-0.2, -0.15) is 16.7 Å². The Morgan fingerprint density at radius 3 is 2.81 bits per heavy atom. The Labute approximate surface area is 161 Å². The number of para-hydroxylation sites is 1. The van der Waals surface area contributed by atoms with Crippen molar-refractivity contribution in [1.29, 1.82) is 0 Å². The summed E-state index contributed by atoms with van der Waals surface area (Å²) in [5, 5.41) is 6.90. The van der Waals surface area contributed by atoms with Crippen LogP contribution in [0, 0.1) is 5.92 Å². The van der Waals surface area contributed by atoms with Gasteiger partial charge in [0.25, 0.3) is 0 Å². The van der Waals surface area contributed by atoms with E-state index in [1.54, 1.807) is 4.90 Å². The normalized spacial score (nSPS) is 20.8. The van der Waals surface area contributed by atoms with Crippen molar-refractivity contribution in [3.63, 3.8) is 0 Å². The Balaban J connectivity index is 1.31. The van der Waals surface area contributed by atoms with Crippen LogP contribution in [0.1, 0.15) is 36.9 Å². The third kappa shape index (κ3) is 4.16. The number of rotatable bonds is 5. The third-order valence-corrected chi connectivity index (χ3v) is 6.10. The predicted molar refractivity (Wildman–Crippen MR) is 102 cm³/mol. The van der Waals surface area contributed by atoms with Gasteiger partial charge < -0.3 is 14.7 Å². The first-order valence-electron chi connectivity index (χ1n) is 9.24. The number of hydrogen-bond donors (Lipinski definition) is 1. The second-order valence-corrected chi connectivity index (χ2v) is 8.12. The first-order valence-corrected chi connectivity index (χ1v) is 10.4. The van der Waals surface area contributed by atoms with Crippen LogP contribution < -0.4 is 10.2 Å². The standard InChI is InChI=1S/C19H22N4O3S/c24-17-10-14(12-23(17)15-4-2-1-3-5-15)19(25)20-11-16-21-18(22-26-16)13-6-8-27-9-7-13/h1-5,13-14H,6-12H2,(H,20,25). The molecule has 2 amide bonds. The number of nitrogens with zero attached hydrogens (tertiary/aromatic N) is 3. The summed E-state index contributed by atoms with van der Waals surface area (Å²) < 4.78 is 5.28. The molecule has 1 aromatic carbocycles. The molecule has 7 nitrogen and oxygen atoms in total. The van der Waals surface area contributed by atoms with Gasteiger partial charge in [-0.1, -0.05) is 23.4 Å². The van der Waals surface area contributed by atoms with Crippen LogP contribution in [0.15, 0.2) is 34.9 Å². The van der Waals surface area contributed by atoms with E-state index in [0.717, 1.165) is 35.9 Å². The van der Waals surface area contributed by atoms with Gasteiger partial charge in [0, 0.05) is 24.6 Å². The number of benzene rings is 1. The molecule has 0 radical (unpaired) electrons. The lowest BCUT2D eigenvalue weighted by Gasteiger charge is -2.17. The molecule has 142 valence electrons. The second-order valence-electron chi connectivity index (χ2n) is 6.89. The predicted octanol–water partition coefficient (Wildman–Crippen LogP) is 2.35. The zero-order valence-electron chi connectivity index (χ0n) is 15.0. The van der Waals surface area contributed by atoms with Crippen LogP contribution in [0.3, 0.4) is 0 Å². The molecule has 27 heavy (non-hydrogen) atoms. The van der Waals surface area contributed by atoms with E-state index in [9.17, 15) is 9.59 Å². The zero-order chi connectivity index (χ0) is 18.6. The minimum atomic E-state index is -0.365. The number of anilines is 1. The fraction of sp³-hybridized carbons (Fsp3) is 0.474. The van der Waals surface area contributed by atoms with Crippen molar-refractivity contribution < 1.29 is 14.1 Å². The van der Waals surface area contributed by atoms with Gasteiger partial charge in [-0.05, 0) is 36.5 Å². The molecule has 3 heterocycles. The molecule has 1 N–H and O–H groups in total. The van der Waals surface area contributed by atoms with E-state index in [4.69, 9.17) is 4.52 Å². The van der Waals surface area contributed by atoms with E-state index < -0.39 is 0 Å². The molecule has 0 aliphatic carbocycles. The Kier molecular flexibility index (Phi) is 5.42. The maximum Gasteiger partial charge on any atom is 0.246 e. The van der Waals surface area contributed by atoms with E-state index in [1.807, 2.05) is 42.1 Å². The van der Waals surface area contributed by atoms with Crippen LogP contribution in [0.2, 0.25) is 0 Å². The van der Waals surface area contributed by atoms with Crippen molar-refractivity contribution >= 4 is 29.3 Å². The lowest BCUT2D eigenvalue weighted by Crippen LogP contribution is -2.32. The summed E-state index contributed by atoms with van der Waals surface area (Å²) in [6.07, 6.45) is 2.35. The van der Waals surface area contributed by atoms with Crippen LogP contribution in [-0.2, 0) is 16.1 Å². The first-order chi connectivity index (χ1) is 13.2. The van der Waals surface area contributed by atoms with Gasteiger partial charge in [0.05, 0.1) is 12.5 Å². The van der Waals surface area contributed by atoms with Gasteiger partial charge >= 0.3 is 0 Å². The van der Waals surface area contributed by atoms with Gasteiger partial charge in [0.15, 0.2) is 5.82 Å². The molecule has 2 aromatic rings. The quantitative estimate of drug-likeness (QED) is 0.849. The van der Waals surface area contributed by atoms with Crippen molar-refractivity contribution in [3.8, 4) is 0 Å². The summed E-state index contributed by atoms with van der Waals surface area (Å²) in [7, 11) is 0. The highest BCUT2D eigenvalue weighted by Gasteiger charge is 2.35. The number of nitrogens with one attached hydrogen (secondary N) is 1. The highest BCUT2D eigenvalue weighted by atomic mass is 32.2. The molecule has 0 saturated carbocycles. The van der Waals surface area contributed by atoms with E-state index >= 15 is 0 Å². The summed E-state index contributed by atoms with van der Waals surface area (Å²) >= 11 is 1.95. The highest BCUT2D eigenvalue weighted by molar-refractivity contribution is 7.99. The fourth-order valence-corrected chi connectivity index (χ4v) is 4.62. The van der Waals surface area contributed by atoms with Crippen LogP contribution in [0.5, 0.6) is 0 Å². The maximum absolute atomic E-state index is 12.5. The van der Waals surface area contributed by atoms with Crippen LogP contribution in [0.25, 0.3) is 0 Å². The molecular formula is C19H22N4O3S. The second kappa shape index (κ2) is 8.12. The Morgan fingerprint density at radius 1 is 1.26 bits per heavy atom. The number of carbonyl (C=O) groups is 2. The molecule has 2 aliphatic heterocycles. The molecule has 1 atom stereocenters. The van der Waals surface area contributed by atoms with Gasteiger partial charge in [0.2, 0.25) is 17.7 Å². The van der Waals surface area contributed by atoms with Crippen molar-refractivity contribution in [2.24, 2.45) is 5.92 Å². The number of amides is 2. The van der Waals surface area contributed by atoms with Crippen molar-refractivity contribution in [2.75, 3.05) is 23.0 Å². The topological polar surface area (TPSA) is 88.3 Å². The van der Waals surface area contributed by atoms with Crippen LogP contribution >= 0.6 is 11.8 Å². The van der Waals surface area contributed by atoms with E-state index in [1.165, 1.54) is 0 Å². The number of thioether (sulfide) groups is 1. The van der Waals surface area contributed by atoms with E-state index in [-0.39, 0.29) is 30.7 Å². The molecule has 2 saturated heterocycles. The molecule has 4 rings (SSSR count). The number of hydrogen-bond acceptors (Lipinski definition) is 6. The maximum atomic E-state index is 12.5. The Bertz CT molecular complexity index is 804. The average Bonchev–Trinajstić information content (AvgIpc) is 3.34. The molecule has 2 fully saturated rings. The third-order valence-electron chi connectivity index (χ3n) is 5.05. The van der Waals surface area contributed by atoms with Crippen LogP contribution in [-0.4, -0.2) is 40.0 Å². The minimum absolute atomic E-state index is 0.0309. The molecule has 1 aromatic heterocycles. The van der Waals surface area contributed by atoms with Crippen LogP contribution in [0.4, 0.5) is 5.69 Å². The molecule has 0 spiro atoms. The Morgan fingerprint density at radius 2 is 2.04 bits per heavy atom. The summed E-state index contributed by atoms with van der Waals surface area (Å²) in [5.41, 5.74) is 0.824. The molecule has 0 bridgehead atoms. The summed E-state index contributed by atoms with van der Waals surface area (Å²) in [6, 6.07) is 9.42. The Hall–Kier alpha value is -2.35. The first kappa shape index (κ1) is 18.0. The van der Waals surface area contributed by atoms with Crippen molar-refractivity contribution in [3.05, 3.63) is 42.0 Å². The average molecular weight is 386 g/mol. The van der Waals surface area contributed by atoms with Gasteiger partial charge in [0.1, 0.15) is 0 Å². The summed E-state index contributed by atoms with van der Waals surface area (Å²) in [5.74, 6) is 3.21. The molecule has 2 aliphatic rings. The lowest BCUT2D eigenvalue weighted by atomic mass is 10.0. The number of aromatic nitrogens is 2. The van der Waals surface area contributed by atoms with Gasteiger partial charge in [-0.15, -0.1) is 0 Å². The van der Waals surface area contributed by atoms with Gasteiger partial charge in [-0.25, -0.2) is 0 Å². The monoisotopic (exact) mass is 386 g/mol. The minimum Gasteiger partial charge on any atom is -0.347 e.